The van der Waals surface area contributed by atoms with E-state index < -0.39 is 0 Å². The first-order valence-electron chi connectivity index (χ1n) is 7.79. The number of fused-ring (bicyclic) bond motifs is 1. The monoisotopic (exact) mass is 300 g/mol. The molecule has 4 rings (SSSR count). The van der Waals surface area contributed by atoms with Crippen LogP contribution in [0.3, 0.4) is 0 Å². The predicted molar refractivity (Wildman–Crippen MR) is 81.3 cm³/mol. The fourth-order valence-electron chi connectivity index (χ4n) is 4.14. The maximum absolute atomic E-state index is 11.5. The molecule has 6 nitrogen and oxygen atoms in total. The van der Waals surface area contributed by atoms with Crippen LogP contribution in [0, 0.1) is 5.41 Å². The van der Waals surface area contributed by atoms with Gasteiger partial charge < -0.3 is 14.6 Å². The van der Waals surface area contributed by atoms with Crippen molar-refractivity contribution < 1.29 is 9.53 Å². The van der Waals surface area contributed by atoms with Crippen molar-refractivity contribution >= 4 is 17.1 Å². The quantitative estimate of drug-likeness (QED) is 0.925. The molecular weight excluding hydrogens is 280 g/mol. The summed E-state index contributed by atoms with van der Waals surface area (Å²) in [5.41, 5.74) is 1.82. The van der Waals surface area contributed by atoms with Gasteiger partial charge in [-0.05, 0) is 37.2 Å². The summed E-state index contributed by atoms with van der Waals surface area (Å²) in [6.07, 6.45) is 9.31. The smallest absolute Gasteiger partial charge is 0.407 e. The number of carbonyl (C=O) groups excluding carboxylic acids is 1. The molecule has 2 aromatic rings. The number of hydrogen-bond donors (Lipinski definition) is 1. The third-order valence-corrected chi connectivity index (χ3v) is 5.02. The lowest BCUT2D eigenvalue weighted by molar-refractivity contribution is -0.0264. The van der Waals surface area contributed by atoms with E-state index in [-0.39, 0.29) is 17.1 Å². The minimum Gasteiger partial charge on any atom is -0.441 e. The van der Waals surface area contributed by atoms with Crippen molar-refractivity contribution in [3.05, 3.63) is 24.8 Å². The lowest BCUT2D eigenvalue weighted by Crippen LogP contribution is -2.44. The largest absolute Gasteiger partial charge is 0.441 e. The lowest BCUT2D eigenvalue weighted by Gasteiger charge is -2.43. The van der Waals surface area contributed by atoms with Crippen LogP contribution in [0.15, 0.2) is 24.8 Å². The second kappa shape index (κ2) is 4.69. The molecule has 1 aliphatic heterocycles. The molecule has 2 aliphatic rings. The third-order valence-electron chi connectivity index (χ3n) is 5.02. The SMILES string of the molecule is CC1(Cn2ccc3ncncc32)CCCC2(CNC(=O)O2)C1. The number of carbonyl (C=O) groups is 1. The van der Waals surface area contributed by atoms with Crippen molar-refractivity contribution in [1.82, 2.24) is 19.9 Å². The van der Waals surface area contributed by atoms with Gasteiger partial charge in [0, 0.05) is 12.7 Å². The molecular formula is C16H20N4O2. The van der Waals surface area contributed by atoms with Gasteiger partial charge in [0.2, 0.25) is 0 Å². The highest BCUT2D eigenvalue weighted by molar-refractivity contribution is 5.74. The predicted octanol–water partition coefficient (Wildman–Crippen LogP) is 2.49. The van der Waals surface area contributed by atoms with E-state index in [1.165, 1.54) is 0 Å². The number of nitrogens with zero attached hydrogens (tertiary/aromatic N) is 3. The summed E-state index contributed by atoms with van der Waals surface area (Å²) >= 11 is 0. The van der Waals surface area contributed by atoms with Crippen LogP contribution in [0.1, 0.15) is 32.6 Å². The highest BCUT2D eigenvalue weighted by atomic mass is 16.6. The highest BCUT2D eigenvalue weighted by Gasteiger charge is 2.48. The molecule has 1 N–H and O–H groups in total. The van der Waals surface area contributed by atoms with Crippen molar-refractivity contribution in [3.63, 3.8) is 0 Å². The molecule has 1 aliphatic carbocycles. The Morgan fingerprint density at radius 1 is 1.45 bits per heavy atom. The number of alkyl carbamates (subject to hydrolysis) is 1. The Bertz CT molecular complexity index is 728. The van der Waals surface area contributed by atoms with Crippen molar-refractivity contribution in [2.24, 2.45) is 5.41 Å². The van der Waals surface area contributed by atoms with Crippen molar-refractivity contribution in [2.75, 3.05) is 6.54 Å². The van der Waals surface area contributed by atoms with E-state index in [2.05, 4.69) is 33.0 Å². The van der Waals surface area contributed by atoms with Crippen LogP contribution in [-0.4, -0.2) is 32.8 Å². The van der Waals surface area contributed by atoms with Gasteiger partial charge in [-0.2, -0.15) is 0 Å². The summed E-state index contributed by atoms with van der Waals surface area (Å²) in [7, 11) is 0. The van der Waals surface area contributed by atoms with Gasteiger partial charge in [0.05, 0.1) is 23.8 Å². The number of nitrogens with one attached hydrogen (secondary N) is 1. The van der Waals surface area contributed by atoms with Gasteiger partial charge in [-0.1, -0.05) is 6.92 Å². The lowest BCUT2D eigenvalue weighted by atomic mass is 9.68. The minimum absolute atomic E-state index is 0.104. The Hall–Kier alpha value is -2.11. The van der Waals surface area contributed by atoms with Crippen molar-refractivity contribution in [3.8, 4) is 0 Å². The molecule has 2 unspecified atom stereocenters. The van der Waals surface area contributed by atoms with Gasteiger partial charge in [0.25, 0.3) is 0 Å². The van der Waals surface area contributed by atoms with Gasteiger partial charge in [-0.25, -0.2) is 14.8 Å². The molecule has 1 spiro atoms. The van der Waals surface area contributed by atoms with E-state index in [0.717, 1.165) is 43.3 Å². The number of hydrogen-bond acceptors (Lipinski definition) is 4. The molecule has 1 saturated heterocycles. The van der Waals surface area contributed by atoms with E-state index in [1.807, 2.05) is 12.3 Å². The maximum Gasteiger partial charge on any atom is 0.407 e. The maximum atomic E-state index is 11.5. The van der Waals surface area contributed by atoms with Crippen LogP contribution in [0.5, 0.6) is 0 Å². The number of ether oxygens (including phenoxy) is 1. The van der Waals surface area contributed by atoms with Crippen LogP contribution in [0.4, 0.5) is 4.79 Å². The fourth-order valence-corrected chi connectivity index (χ4v) is 4.14. The zero-order valence-corrected chi connectivity index (χ0v) is 12.7. The summed E-state index contributed by atoms with van der Waals surface area (Å²) in [6.45, 7) is 3.82. The van der Waals surface area contributed by atoms with E-state index in [1.54, 1.807) is 6.33 Å². The number of rotatable bonds is 2. The average molecular weight is 300 g/mol. The standard InChI is InChI=1S/C16H20N4O2/c1-15(4-2-5-16(8-15)9-18-14(21)22-16)10-20-6-3-12-13(20)7-17-11-19-12/h3,6-7,11H,2,4-5,8-10H2,1H3,(H,18,21). The Morgan fingerprint density at radius 2 is 2.36 bits per heavy atom. The van der Waals surface area contributed by atoms with E-state index in [4.69, 9.17) is 4.74 Å². The first-order valence-corrected chi connectivity index (χ1v) is 7.79. The molecule has 1 amide bonds. The fraction of sp³-hybridized carbons (Fsp3) is 0.562. The Balaban J connectivity index is 1.60. The molecule has 6 heteroatoms. The summed E-state index contributed by atoms with van der Waals surface area (Å²) in [6, 6.07) is 2.02. The Morgan fingerprint density at radius 3 is 3.18 bits per heavy atom. The van der Waals surface area contributed by atoms with Crippen LogP contribution < -0.4 is 5.32 Å². The number of aromatic nitrogens is 3. The van der Waals surface area contributed by atoms with Crippen LogP contribution >= 0.6 is 0 Å². The van der Waals surface area contributed by atoms with Gasteiger partial charge in [0.1, 0.15) is 11.9 Å². The molecule has 3 heterocycles. The van der Waals surface area contributed by atoms with Gasteiger partial charge in [-0.3, -0.25) is 0 Å². The molecule has 2 aromatic heterocycles. The first-order chi connectivity index (χ1) is 10.6. The molecule has 22 heavy (non-hydrogen) atoms. The first kappa shape index (κ1) is 13.5. The minimum atomic E-state index is -0.316. The zero-order valence-electron chi connectivity index (χ0n) is 12.7. The molecule has 1 saturated carbocycles. The summed E-state index contributed by atoms with van der Waals surface area (Å²) in [5, 5.41) is 2.82. The normalized spacial score (nSPS) is 31.4. The van der Waals surface area contributed by atoms with Gasteiger partial charge >= 0.3 is 6.09 Å². The Labute approximate surface area is 128 Å². The average Bonchev–Trinajstić information content (AvgIpc) is 3.03. The van der Waals surface area contributed by atoms with E-state index >= 15 is 0 Å². The summed E-state index contributed by atoms with van der Waals surface area (Å²) in [5.74, 6) is 0. The van der Waals surface area contributed by atoms with Crippen molar-refractivity contribution in [2.45, 2.75) is 44.8 Å². The third kappa shape index (κ3) is 2.23. The highest BCUT2D eigenvalue weighted by Crippen LogP contribution is 2.45. The summed E-state index contributed by atoms with van der Waals surface area (Å²) in [4.78, 5) is 19.9. The van der Waals surface area contributed by atoms with Crippen molar-refractivity contribution in [1.29, 1.82) is 0 Å². The van der Waals surface area contributed by atoms with Crippen LogP contribution in [0.25, 0.3) is 11.0 Å². The topological polar surface area (TPSA) is 69.0 Å². The van der Waals surface area contributed by atoms with Crippen LogP contribution in [-0.2, 0) is 11.3 Å². The molecule has 0 aromatic carbocycles. The zero-order chi connectivity index (χ0) is 15.2. The Kier molecular flexibility index (Phi) is 2.89. The van der Waals surface area contributed by atoms with Gasteiger partial charge in [-0.15, -0.1) is 0 Å². The van der Waals surface area contributed by atoms with E-state index in [0.29, 0.717) is 6.54 Å². The molecule has 116 valence electrons. The molecule has 2 atom stereocenters. The number of amides is 1. The molecule has 0 bridgehead atoms. The molecule has 2 fully saturated rings. The molecule has 0 radical (unpaired) electrons. The second-order valence-electron chi connectivity index (χ2n) is 7.00. The van der Waals surface area contributed by atoms with Gasteiger partial charge in [0.15, 0.2) is 0 Å². The summed E-state index contributed by atoms with van der Waals surface area (Å²) < 4.78 is 7.83. The second-order valence-corrected chi connectivity index (χ2v) is 7.00. The van der Waals surface area contributed by atoms with E-state index in [9.17, 15) is 4.79 Å². The van der Waals surface area contributed by atoms with Crippen LogP contribution in [0.2, 0.25) is 0 Å².